The lowest BCUT2D eigenvalue weighted by Gasteiger charge is -2.11. The van der Waals surface area contributed by atoms with E-state index in [0.29, 0.717) is 0 Å². The van der Waals surface area contributed by atoms with Crippen LogP contribution >= 0.6 is 0 Å². The molecule has 1 aromatic carbocycles. The fourth-order valence-electron chi connectivity index (χ4n) is 2.12. The van der Waals surface area contributed by atoms with Crippen LogP contribution in [0, 0.1) is 0 Å². The van der Waals surface area contributed by atoms with Crippen molar-refractivity contribution in [1.29, 1.82) is 0 Å². The summed E-state index contributed by atoms with van der Waals surface area (Å²) in [4.78, 5) is 27.8. The Kier molecular flexibility index (Phi) is 5.30. The number of carbonyl (C=O) groups excluding carboxylic acids is 2. The first-order valence-corrected chi connectivity index (χ1v) is 7.21. The quantitative estimate of drug-likeness (QED) is 0.831. The molecule has 2 rings (SSSR count). The number of aryl methyl sites for hydroxylation is 1. The van der Waals surface area contributed by atoms with Gasteiger partial charge in [-0.1, -0.05) is 25.1 Å². The number of rotatable bonds is 6. The minimum atomic E-state index is -0.533. The third-order valence-corrected chi connectivity index (χ3v) is 3.16. The summed E-state index contributed by atoms with van der Waals surface area (Å²) in [5, 5.41) is 2.86. The summed E-state index contributed by atoms with van der Waals surface area (Å²) in [7, 11) is 0. The highest BCUT2D eigenvalue weighted by molar-refractivity contribution is 5.92. The molecule has 0 radical (unpaired) electrons. The average Bonchev–Trinajstić information content (AvgIpc) is 2.96. The SMILES string of the molecule is CCOC(=O)c1nccn1CC(=O)Nc1ccccc1CC. The van der Waals surface area contributed by atoms with Crippen LogP contribution in [0.4, 0.5) is 5.69 Å². The molecule has 1 N–H and O–H groups in total. The van der Waals surface area contributed by atoms with E-state index in [1.165, 1.54) is 10.8 Å². The highest BCUT2D eigenvalue weighted by Crippen LogP contribution is 2.15. The van der Waals surface area contributed by atoms with Gasteiger partial charge in [0, 0.05) is 18.1 Å². The number of hydrogen-bond acceptors (Lipinski definition) is 4. The van der Waals surface area contributed by atoms with E-state index < -0.39 is 5.97 Å². The first kappa shape index (κ1) is 15.8. The molecule has 0 saturated heterocycles. The predicted octanol–water partition coefficient (Wildman–Crippen LogP) is 2.26. The van der Waals surface area contributed by atoms with Crippen LogP contribution in [0.3, 0.4) is 0 Å². The third-order valence-electron chi connectivity index (χ3n) is 3.16. The number of hydrogen-bond donors (Lipinski definition) is 1. The highest BCUT2D eigenvalue weighted by atomic mass is 16.5. The standard InChI is InChI=1S/C16H19N3O3/c1-3-12-7-5-6-8-13(12)18-14(20)11-19-10-9-17-15(19)16(21)22-4-2/h5-10H,3-4,11H2,1-2H3,(H,18,20). The van der Waals surface area contributed by atoms with E-state index >= 15 is 0 Å². The lowest BCUT2D eigenvalue weighted by Crippen LogP contribution is -2.22. The van der Waals surface area contributed by atoms with Gasteiger partial charge in [0.05, 0.1) is 6.61 Å². The Morgan fingerprint density at radius 1 is 1.27 bits per heavy atom. The van der Waals surface area contributed by atoms with Crippen LogP contribution in [0.25, 0.3) is 0 Å². The molecule has 0 unspecified atom stereocenters. The normalized spacial score (nSPS) is 10.3. The van der Waals surface area contributed by atoms with E-state index in [-0.39, 0.29) is 24.9 Å². The maximum absolute atomic E-state index is 12.2. The molecule has 0 aliphatic carbocycles. The number of carbonyl (C=O) groups is 2. The first-order valence-electron chi connectivity index (χ1n) is 7.21. The average molecular weight is 301 g/mol. The van der Waals surface area contributed by atoms with Crippen LogP contribution in [0.15, 0.2) is 36.7 Å². The third kappa shape index (κ3) is 3.72. The molecular formula is C16H19N3O3. The monoisotopic (exact) mass is 301 g/mol. The van der Waals surface area contributed by atoms with Gasteiger partial charge in [-0.05, 0) is 25.0 Å². The summed E-state index contributed by atoms with van der Waals surface area (Å²) in [5.41, 5.74) is 1.85. The number of amides is 1. The second-order valence-corrected chi connectivity index (χ2v) is 4.66. The lowest BCUT2D eigenvalue weighted by atomic mass is 10.1. The van der Waals surface area contributed by atoms with Gasteiger partial charge in [-0.25, -0.2) is 9.78 Å². The summed E-state index contributed by atoms with van der Waals surface area (Å²) >= 11 is 0. The number of benzene rings is 1. The number of aromatic nitrogens is 2. The molecule has 0 saturated carbocycles. The second-order valence-electron chi connectivity index (χ2n) is 4.66. The van der Waals surface area contributed by atoms with E-state index in [1.807, 2.05) is 31.2 Å². The van der Waals surface area contributed by atoms with E-state index in [4.69, 9.17) is 4.74 Å². The van der Waals surface area contributed by atoms with Gasteiger partial charge in [-0.2, -0.15) is 0 Å². The van der Waals surface area contributed by atoms with Crippen molar-refractivity contribution >= 4 is 17.6 Å². The summed E-state index contributed by atoms with van der Waals surface area (Å²) in [6.45, 7) is 4.02. The van der Waals surface area contributed by atoms with E-state index in [2.05, 4.69) is 10.3 Å². The molecule has 0 aliphatic rings. The van der Waals surface area contributed by atoms with Crippen molar-refractivity contribution < 1.29 is 14.3 Å². The smallest absolute Gasteiger partial charge is 0.374 e. The molecule has 0 aliphatic heterocycles. The van der Waals surface area contributed by atoms with Gasteiger partial charge in [-0.15, -0.1) is 0 Å². The zero-order valence-corrected chi connectivity index (χ0v) is 12.7. The van der Waals surface area contributed by atoms with Crippen molar-refractivity contribution in [3.8, 4) is 0 Å². The maximum atomic E-state index is 12.2. The van der Waals surface area contributed by atoms with Gasteiger partial charge >= 0.3 is 5.97 Å². The molecule has 6 heteroatoms. The van der Waals surface area contributed by atoms with Crippen LogP contribution in [-0.4, -0.2) is 28.0 Å². The maximum Gasteiger partial charge on any atom is 0.374 e. The minimum Gasteiger partial charge on any atom is -0.460 e. The van der Waals surface area contributed by atoms with Crippen molar-refractivity contribution in [2.24, 2.45) is 0 Å². The molecule has 6 nitrogen and oxygen atoms in total. The molecule has 116 valence electrons. The molecule has 0 bridgehead atoms. The second kappa shape index (κ2) is 7.40. The highest BCUT2D eigenvalue weighted by Gasteiger charge is 2.16. The minimum absolute atomic E-state index is 0.00615. The Morgan fingerprint density at radius 3 is 2.77 bits per heavy atom. The Bertz CT molecular complexity index is 664. The van der Waals surface area contributed by atoms with Crippen LogP contribution in [0.1, 0.15) is 30.0 Å². The Labute approximate surface area is 129 Å². The number of imidazole rings is 1. The number of ether oxygens (including phenoxy) is 1. The Morgan fingerprint density at radius 2 is 2.05 bits per heavy atom. The van der Waals surface area contributed by atoms with Crippen molar-refractivity contribution in [3.63, 3.8) is 0 Å². The fraction of sp³-hybridized carbons (Fsp3) is 0.312. The molecule has 0 fully saturated rings. The van der Waals surface area contributed by atoms with Gasteiger partial charge in [0.1, 0.15) is 6.54 Å². The van der Waals surface area contributed by atoms with Crippen LogP contribution in [0.5, 0.6) is 0 Å². The molecule has 0 atom stereocenters. The van der Waals surface area contributed by atoms with Gasteiger partial charge in [0.25, 0.3) is 0 Å². The topological polar surface area (TPSA) is 73.2 Å². The molecule has 1 aromatic heterocycles. The number of anilines is 1. The Hall–Kier alpha value is -2.63. The zero-order valence-electron chi connectivity index (χ0n) is 12.7. The molecule has 22 heavy (non-hydrogen) atoms. The van der Waals surface area contributed by atoms with Crippen LogP contribution in [0.2, 0.25) is 0 Å². The van der Waals surface area contributed by atoms with Crippen LogP contribution in [-0.2, 0) is 22.5 Å². The fourth-order valence-corrected chi connectivity index (χ4v) is 2.12. The number of nitrogens with zero attached hydrogens (tertiary/aromatic N) is 2. The number of nitrogens with one attached hydrogen (secondary N) is 1. The summed E-state index contributed by atoms with van der Waals surface area (Å²) in [6, 6.07) is 7.63. The predicted molar refractivity (Wildman–Crippen MR) is 82.6 cm³/mol. The van der Waals surface area contributed by atoms with Crippen molar-refractivity contribution in [3.05, 3.63) is 48.0 Å². The molecular weight excluding hydrogens is 282 g/mol. The van der Waals surface area contributed by atoms with Crippen molar-refractivity contribution in [2.45, 2.75) is 26.8 Å². The van der Waals surface area contributed by atoms with Gasteiger partial charge < -0.3 is 14.6 Å². The van der Waals surface area contributed by atoms with Gasteiger partial charge in [-0.3, -0.25) is 4.79 Å². The first-order chi connectivity index (χ1) is 10.7. The van der Waals surface area contributed by atoms with Crippen molar-refractivity contribution in [2.75, 3.05) is 11.9 Å². The number of para-hydroxylation sites is 1. The summed E-state index contributed by atoms with van der Waals surface area (Å²) in [5.74, 6) is -0.625. The molecule has 2 aromatic rings. The van der Waals surface area contributed by atoms with Crippen molar-refractivity contribution in [1.82, 2.24) is 9.55 Å². The molecule has 1 amide bonds. The molecule has 1 heterocycles. The Balaban J connectivity index is 2.07. The van der Waals surface area contributed by atoms with Gasteiger partial charge in [0.2, 0.25) is 11.7 Å². The summed E-state index contributed by atoms with van der Waals surface area (Å²) in [6.07, 6.45) is 3.88. The van der Waals surface area contributed by atoms with Crippen LogP contribution < -0.4 is 5.32 Å². The summed E-state index contributed by atoms with van der Waals surface area (Å²) < 4.78 is 6.38. The number of esters is 1. The van der Waals surface area contributed by atoms with Gasteiger partial charge in [0.15, 0.2) is 0 Å². The van der Waals surface area contributed by atoms with E-state index in [1.54, 1.807) is 13.1 Å². The van der Waals surface area contributed by atoms with E-state index in [9.17, 15) is 9.59 Å². The van der Waals surface area contributed by atoms with E-state index in [0.717, 1.165) is 17.7 Å². The largest absolute Gasteiger partial charge is 0.460 e. The molecule has 0 spiro atoms. The lowest BCUT2D eigenvalue weighted by molar-refractivity contribution is -0.116. The zero-order chi connectivity index (χ0) is 15.9.